The lowest BCUT2D eigenvalue weighted by molar-refractivity contribution is 0.0665. The van der Waals surface area contributed by atoms with E-state index in [9.17, 15) is 0 Å². The number of nitrogens with two attached hydrogens (primary N) is 1. The minimum absolute atomic E-state index is 0.0265. The summed E-state index contributed by atoms with van der Waals surface area (Å²) in [5.74, 6) is 0. The third-order valence-electron chi connectivity index (χ3n) is 2.28. The molecule has 0 bridgehead atoms. The van der Waals surface area contributed by atoms with Crippen LogP contribution in [0.2, 0.25) is 0 Å². The average molecular weight is 209 g/mol. The smallest absolute Gasteiger partial charge is 0.0950 e. The zero-order chi connectivity index (χ0) is 11.1. The molecule has 15 heavy (non-hydrogen) atoms. The summed E-state index contributed by atoms with van der Waals surface area (Å²) < 4.78 is 10.7. The van der Waals surface area contributed by atoms with E-state index in [0.29, 0.717) is 19.8 Å². The molecule has 1 unspecified atom stereocenters. The highest BCUT2D eigenvalue weighted by atomic mass is 16.5. The Morgan fingerprint density at radius 1 is 1.33 bits per heavy atom. The molecule has 1 atom stereocenters. The molecule has 0 aliphatic carbocycles. The van der Waals surface area contributed by atoms with Crippen LogP contribution in [0.1, 0.15) is 24.2 Å². The molecule has 0 amide bonds. The normalized spacial score (nSPS) is 12.7. The number of hydrogen-bond acceptors (Lipinski definition) is 3. The Labute approximate surface area is 91.2 Å². The van der Waals surface area contributed by atoms with Crippen LogP contribution >= 0.6 is 0 Å². The summed E-state index contributed by atoms with van der Waals surface area (Å²) in [6.07, 6.45) is -0.0265. The van der Waals surface area contributed by atoms with Gasteiger partial charge in [-0.3, -0.25) is 0 Å². The van der Waals surface area contributed by atoms with E-state index in [-0.39, 0.29) is 6.10 Å². The van der Waals surface area contributed by atoms with Crippen molar-refractivity contribution in [1.29, 1.82) is 0 Å². The molecule has 1 aromatic rings. The number of rotatable bonds is 6. The van der Waals surface area contributed by atoms with Crippen LogP contribution in [0, 0.1) is 0 Å². The van der Waals surface area contributed by atoms with Gasteiger partial charge in [0.2, 0.25) is 0 Å². The Balaban J connectivity index is 2.88. The van der Waals surface area contributed by atoms with Crippen molar-refractivity contribution in [2.24, 2.45) is 5.73 Å². The van der Waals surface area contributed by atoms with Gasteiger partial charge in [0.1, 0.15) is 0 Å². The number of benzene rings is 1. The van der Waals surface area contributed by atoms with Crippen molar-refractivity contribution >= 4 is 0 Å². The fourth-order valence-corrected chi connectivity index (χ4v) is 1.62. The summed E-state index contributed by atoms with van der Waals surface area (Å²) in [4.78, 5) is 0. The Morgan fingerprint density at radius 3 is 2.67 bits per heavy atom. The van der Waals surface area contributed by atoms with Crippen molar-refractivity contribution in [3.05, 3.63) is 35.4 Å². The highest BCUT2D eigenvalue weighted by Crippen LogP contribution is 2.21. The summed E-state index contributed by atoms with van der Waals surface area (Å²) in [5.41, 5.74) is 7.96. The van der Waals surface area contributed by atoms with Crippen LogP contribution in [0.25, 0.3) is 0 Å². The zero-order valence-electron chi connectivity index (χ0n) is 9.40. The fraction of sp³-hybridized carbons (Fsp3) is 0.500. The molecule has 0 aromatic heterocycles. The Bertz CT molecular complexity index is 289. The monoisotopic (exact) mass is 209 g/mol. The lowest BCUT2D eigenvalue weighted by Gasteiger charge is -2.18. The van der Waals surface area contributed by atoms with Crippen molar-refractivity contribution in [3.63, 3.8) is 0 Å². The lowest BCUT2D eigenvalue weighted by atomic mass is 10.0. The summed E-state index contributed by atoms with van der Waals surface area (Å²) in [7, 11) is 1.69. The molecule has 0 aliphatic rings. The van der Waals surface area contributed by atoms with Crippen molar-refractivity contribution in [2.45, 2.75) is 19.6 Å². The minimum atomic E-state index is -0.0265. The second-order valence-electron chi connectivity index (χ2n) is 3.31. The largest absolute Gasteiger partial charge is 0.380 e. The molecule has 3 heteroatoms. The maximum Gasteiger partial charge on any atom is 0.0950 e. The van der Waals surface area contributed by atoms with Crippen LogP contribution in [0.5, 0.6) is 0 Å². The van der Waals surface area contributed by atoms with Crippen molar-refractivity contribution in [2.75, 3.05) is 20.3 Å². The highest BCUT2D eigenvalue weighted by Gasteiger charge is 2.12. The molecule has 0 radical (unpaired) electrons. The first-order valence-corrected chi connectivity index (χ1v) is 5.21. The third kappa shape index (κ3) is 3.30. The SMILES string of the molecule is CCOC(CN)c1ccccc1COC. The highest BCUT2D eigenvalue weighted by molar-refractivity contribution is 5.29. The Hall–Kier alpha value is -0.900. The molecule has 84 valence electrons. The fourth-order valence-electron chi connectivity index (χ4n) is 1.62. The van der Waals surface area contributed by atoms with Crippen LogP contribution in [0.4, 0.5) is 0 Å². The van der Waals surface area contributed by atoms with E-state index in [2.05, 4.69) is 0 Å². The van der Waals surface area contributed by atoms with E-state index < -0.39 is 0 Å². The van der Waals surface area contributed by atoms with Gasteiger partial charge in [-0.25, -0.2) is 0 Å². The average Bonchev–Trinajstić information content (AvgIpc) is 2.27. The van der Waals surface area contributed by atoms with E-state index >= 15 is 0 Å². The molecule has 0 aliphatic heterocycles. The predicted octanol–water partition coefficient (Wildman–Crippen LogP) is 1.87. The van der Waals surface area contributed by atoms with Gasteiger partial charge < -0.3 is 15.2 Å². The molecule has 0 saturated carbocycles. The van der Waals surface area contributed by atoms with E-state index in [4.69, 9.17) is 15.2 Å². The molecule has 0 saturated heterocycles. The van der Waals surface area contributed by atoms with Crippen molar-refractivity contribution < 1.29 is 9.47 Å². The molecule has 2 N–H and O–H groups in total. The molecular weight excluding hydrogens is 190 g/mol. The number of ether oxygens (including phenoxy) is 2. The molecule has 1 rings (SSSR count). The molecule has 3 nitrogen and oxygen atoms in total. The molecule has 1 aromatic carbocycles. The van der Waals surface area contributed by atoms with Crippen molar-refractivity contribution in [3.8, 4) is 0 Å². The standard InChI is InChI=1S/C12H19NO2/c1-3-15-12(8-13)11-7-5-4-6-10(11)9-14-2/h4-7,12H,3,8-9,13H2,1-2H3. The maximum absolute atomic E-state index is 5.69. The Kier molecular flexibility index (Phi) is 5.32. The quantitative estimate of drug-likeness (QED) is 0.778. The third-order valence-corrected chi connectivity index (χ3v) is 2.28. The predicted molar refractivity (Wildman–Crippen MR) is 60.6 cm³/mol. The Morgan fingerprint density at radius 2 is 2.07 bits per heavy atom. The summed E-state index contributed by atoms with van der Waals surface area (Å²) in [5, 5.41) is 0. The van der Waals surface area contributed by atoms with Gasteiger partial charge in [0.25, 0.3) is 0 Å². The minimum Gasteiger partial charge on any atom is -0.380 e. The van der Waals surface area contributed by atoms with E-state index in [1.807, 2.05) is 31.2 Å². The molecule has 0 heterocycles. The molecule has 0 fully saturated rings. The van der Waals surface area contributed by atoms with Crippen LogP contribution in [-0.4, -0.2) is 20.3 Å². The van der Waals surface area contributed by atoms with Crippen LogP contribution in [-0.2, 0) is 16.1 Å². The lowest BCUT2D eigenvalue weighted by Crippen LogP contribution is -2.17. The van der Waals surface area contributed by atoms with Gasteiger partial charge in [-0.2, -0.15) is 0 Å². The first kappa shape index (κ1) is 12.2. The van der Waals surface area contributed by atoms with E-state index in [1.54, 1.807) is 7.11 Å². The first-order chi connectivity index (χ1) is 7.33. The van der Waals surface area contributed by atoms with Gasteiger partial charge in [-0.15, -0.1) is 0 Å². The van der Waals surface area contributed by atoms with Crippen molar-refractivity contribution in [1.82, 2.24) is 0 Å². The summed E-state index contributed by atoms with van der Waals surface area (Å²) >= 11 is 0. The van der Waals surface area contributed by atoms with Gasteiger partial charge in [0, 0.05) is 20.3 Å². The number of hydrogen-bond donors (Lipinski definition) is 1. The molecule has 0 spiro atoms. The first-order valence-electron chi connectivity index (χ1n) is 5.21. The summed E-state index contributed by atoms with van der Waals surface area (Å²) in [6.45, 7) is 3.74. The molecular formula is C12H19NO2. The second-order valence-corrected chi connectivity index (χ2v) is 3.31. The van der Waals surface area contributed by atoms with Crippen LogP contribution in [0.3, 0.4) is 0 Å². The van der Waals surface area contributed by atoms with Gasteiger partial charge in [0.15, 0.2) is 0 Å². The van der Waals surface area contributed by atoms with E-state index in [0.717, 1.165) is 11.1 Å². The number of methoxy groups -OCH3 is 1. The maximum atomic E-state index is 5.69. The van der Waals surface area contributed by atoms with Gasteiger partial charge in [-0.05, 0) is 18.1 Å². The zero-order valence-corrected chi connectivity index (χ0v) is 9.40. The topological polar surface area (TPSA) is 44.5 Å². The van der Waals surface area contributed by atoms with Gasteiger partial charge in [0.05, 0.1) is 12.7 Å². The van der Waals surface area contributed by atoms with Crippen LogP contribution in [0.15, 0.2) is 24.3 Å². The van der Waals surface area contributed by atoms with Gasteiger partial charge in [-0.1, -0.05) is 24.3 Å². The van der Waals surface area contributed by atoms with E-state index in [1.165, 1.54) is 0 Å². The summed E-state index contributed by atoms with van der Waals surface area (Å²) in [6, 6.07) is 8.08. The van der Waals surface area contributed by atoms with Crippen LogP contribution < -0.4 is 5.73 Å². The van der Waals surface area contributed by atoms with Gasteiger partial charge >= 0.3 is 0 Å². The second kappa shape index (κ2) is 6.56.